The van der Waals surface area contributed by atoms with Crippen LogP contribution in [0.3, 0.4) is 0 Å². The maximum Gasteiger partial charge on any atom is 0.326 e. The number of carboxylic acid groups (broad SMARTS) is 1. The number of aliphatic hydroxyl groups excluding tert-OH is 1. The summed E-state index contributed by atoms with van der Waals surface area (Å²) in [7, 11) is 1.77. The number of amides is 1. The van der Waals surface area contributed by atoms with E-state index in [0.29, 0.717) is 69.0 Å². The van der Waals surface area contributed by atoms with Crippen molar-refractivity contribution in [3.63, 3.8) is 0 Å². The molecule has 11 heteroatoms. The molecule has 3 N–H and O–H groups in total. The molecular formula is C51H79NO10. The molecule has 1 amide bonds. The first-order valence-corrected chi connectivity index (χ1v) is 23.5. The Morgan fingerprint density at radius 1 is 0.952 bits per heavy atom. The highest BCUT2D eigenvalue weighted by Gasteiger charge is 2.52. The second kappa shape index (κ2) is 26.3. The van der Waals surface area contributed by atoms with Gasteiger partial charge in [0.05, 0.1) is 18.3 Å². The molecule has 0 bridgehead atoms. The number of aliphatic carboxylic acids is 1. The number of hydrogen-bond acceptors (Lipinski definition) is 9. The van der Waals surface area contributed by atoms with Crippen LogP contribution in [0.25, 0.3) is 0 Å². The lowest BCUT2D eigenvalue weighted by Crippen LogP contribution is -2.60. The Morgan fingerprint density at radius 3 is 2.39 bits per heavy atom. The zero-order chi connectivity index (χ0) is 46.0. The zero-order valence-corrected chi connectivity index (χ0v) is 39.1. The molecular weight excluding hydrogens is 787 g/mol. The monoisotopic (exact) mass is 866 g/mol. The summed E-state index contributed by atoms with van der Waals surface area (Å²) in [6.45, 7) is 13.7. The van der Waals surface area contributed by atoms with Crippen molar-refractivity contribution in [2.24, 2.45) is 29.6 Å². The number of carboxylic acids is 1. The van der Waals surface area contributed by atoms with E-state index < -0.39 is 47.6 Å². The number of carbonyl (C=O) groups is 5. The fraction of sp³-hybridized carbons (Fsp3) is 0.706. The third-order valence-corrected chi connectivity index (χ3v) is 13.4. The molecule has 348 valence electrons. The van der Waals surface area contributed by atoms with E-state index in [4.69, 9.17) is 9.47 Å². The quantitative estimate of drug-likeness (QED) is 0.0484. The molecule has 11 nitrogen and oxygen atoms in total. The van der Waals surface area contributed by atoms with E-state index in [1.54, 1.807) is 21.0 Å². The Hall–Kier alpha value is -3.51. The fourth-order valence-corrected chi connectivity index (χ4v) is 9.12. The van der Waals surface area contributed by atoms with Crippen molar-refractivity contribution in [2.45, 2.75) is 188 Å². The highest BCUT2D eigenvalue weighted by molar-refractivity contribution is 6.39. The van der Waals surface area contributed by atoms with Gasteiger partial charge in [-0.25, -0.2) is 4.79 Å². The first kappa shape index (κ1) is 52.8. The van der Waals surface area contributed by atoms with E-state index in [9.17, 15) is 39.3 Å². The van der Waals surface area contributed by atoms with Crippen molar-refractivity contribution in [3.8, 4) is 0 Å². The maximum absolute atomic E-state index is 13.3. The molecule has 2 saturated heterocycles. The number of Topliss-reactive ketones (excluding diaryl/α,β-unsaturated/α-hetero) is 3. The van der Waals surface area contributed by atoms with Gasteiger partial charge in [-0.05, 0) is 121 Å². The number of likely N-dealkylation sites (tertiary alicyclic amines) is 1. The molecule has 2 heterocycles. The largest absolute Gasteiger partial charge is 0.480 e. The second-order valence-corrected chi connectivity index (χ2v) is 18.7. The Balaban J connectivity index is 1.45. The van der Waals surface area contributed by atoms with Crippen LogP contribution in [0.2, 0.25) is 0 Å². The molecule has 0 radical (unpaired) electrons. The molecule has 1 aliphatic carbocycles. The topological polar surface area (TPSA) is 168 Å². The summed E-state index contributed by atoms with van der Waals surface area (Å²) in [4.78, 5) is 65.6. The number of rotatable bonds is 24. The van der Waals surface area contributed by atoms with Gasteiger partial charge in [0.1, 0.15) is 17.6 Å². The first-order valence-electron chi connectivity index (χ1n) is 23.5. The van der Waals surface area contributed by atoms with Crippen molar-refractivity contribution in [1.29, 1.82) is 0 Å². The SMILES string of the molecule is CCCC(C=CC=CC=C(C)CCC1CCC(C)C(O)(C(=O)C(=O)N2CCCCC2C(=O)O)O1)CC(C)C(=O)CC(O)C(C)=CC(C)C(=O)CCC(C)C=C1CCCC(OC)C1. The van der Waals surface area contributed by atoms with Gasteiger partial charge in [-0.15, -0.1) is 0 Å². The summed E-state index contributed by atoms with van der Waals surface area (Å²) in [5.41, 5.74) is 3.16. The average molecular weight is 866 g/mol. The van der Waals surface area contributed by atoms with Crippen LogP contribution in [0.1, 0.15) is 158 Å². The number of nitrogens with zero attached hydrogens (tertiary/aromatic N) is 1. The van der Waals surface area contributed by atoms with Crippen molar-refractivity contribution in [2.75, 3.05) is 13.7 Å². The average Bonchev–Trinajstić information content (AvgIpc) is 3.25. The van der Waals surface area contributed by atoms with Gasteiger partial charge >= 0.3 is 5.97 Å². The fourth-order valence-electron chi connectivity index (χ4n) is 9.12. The van der Waals surface area contributed by atoms with Crippen molar-refractivity contribution < 1.29 is 48.8 Å². The van der Waals surface area contributed by atoms with E-state index >= 15 is 0 Å². The van der Waals surface area contributed by atoms with Gasteiger partial charge in [-0.2, -0.15) is 0 Å². The summed E-state index contributed by atoms with van der Waals surface area (Å²) in [6.07, 6.45) is 25.1. The van der Waals surface area contributed by atoms with Gasteiger partial charge in [0.25, 0.3) is 11.7 Å². The number of methoxy groups -OCH3 is 1. The number of aliphatic hydroxyl groups is 2. The smallest absolute Gasteiger partial charge is 0.326 e. The number of ether oxygens (including phenoxy) is 2. The predicted molar refractivity (Wildman–Crippen MR) is 243 cm³/mol. The normalized spacial score (nSPS) is 27.3. The van der Waals surface area contributed by atoms with Crippen LogP contribution in [-0.4, -0.2) is 93.2 Å². The molecule has 3 aliphatic rings. The van der Waals surface area contributed by atoms with Crippen molar-refractivity contribution in [1.82, 2.24) is 4.90 Å². The number of hydrogen-bond donors (Lipinski definition) is 3. The summed E-state index contributed by atoms with van der Waals surface area (Å²) in [6, 6.07) is -1.08. The van der Waals surface area contributed by atoms with E-state index in [1.165, 1.54) is 5.57 Å². The minimum absolute atomic E-state index is 0.00718. The molecule has 10 unspecified atom stereocenters. The van der Waals surface area contributed by atoms with Crippen molar-refractivity contribution >= 4 is 29.2 Å². The Bertz CT molecular complexity index is 1660. The molecule has 0 aromatic heterocycles. The molecule has 0 aromatic rings. The lowest BCUT2D eigenvalue weighted by Gasteiger charge is -2.42. The highest BCUT2D eigenvalue weighted by atomic mass is 16.6. The van der Waals surface area contributed by atoms with Crippen LogP contribution >= 0.6 is 0 Å². The molecule has 1 saturated carbocycles. The van der Waals surface area contributed by atoms with Crippen molar-refractivity contribution in [3.05, 3.63) is 59.3 Å². The molecule has 10 atom stereocenters. The van der Waals surface area contributed by atoms with Crippen LogP contribution in [0, 0.1) is 29.6 Å². The minimum atomic E-state index is -2.29. The van der Waals surface area contributed by atoms with Crippen LogP contribution in [0.15, 0.2) is 59.3 Å². The molecule has 0 aromatic carbocycles. The molecule has 3 rings (SSSR count). The Morgan fingerprint density at radius 2 is 1.69 bits per heavy atom. The molecule has 2 aliphatic heterocycles. The number of piperidine rings is 1. The predicted octanol–water partition coefficient (Wildman–Crippen LogP) is 9.21. The van der Waals surface area contributed by atoms with Gasteiger partial charge < -0.3 is 29.7 Å². The van der Waals surface area contributed by atoms with E-state index in [-0.39, 0.29) is 48.7 Å². The van der Waals surface area contributed by atoms with Crippen LogP contribution in [0.4, 0.5) is 0 Å². The summed E-state index contributed by atoms with van der Waals surface area (Å²) in [5.74, 6) is -6.05. The summed E-state index contributed by atoms with van der Waals surface area (Å²) >= 11 is 0. The third kappa shape index (κ3) is 16.6. The van der Waals surface area contributed by atoms with Crippen LogP contribution < -0.4 is 0 Å². The minimum Gasteiger partial charge on any atom is -0.480 e. The summed E-state index contributed by atoms with van der Waals surface area (Å²) < 4.78 is 11.5. The lowest BCUT2D eigenvalue weighted by molar-refractivity contribution is -0.263. The Kier molecular flexibility index (Phi) is 22.4. The number of ketones is 3. The molecule has 0 spiro atoms. The summed E-state index contributed by atoms with van der Waals surface area (Å²) in [5, 5.41) is 31.9. The van der Waals surface area contributed by atoms with E-state index in [1.807, 2.05) is 51.2 Å². The van der Waals surface area contributed by atoms with Gasteiger partial charge in [-0.3, -0.25) is 19.2 Å². The van der Waals surface area contributed by atoms with Gasteiger partial charge in [0.2, 0.25) is 5.79 Å². The zero-order valence-electron chi connectivity index (χ0n) is 39.1. The van der Waals surface area contributed by atoms with Crippen LogP contribution in [-0.2, 0) is 33.4 Å². The van der Waals surface area contributed by atoms with Gasteiger partial charge in [0.15, 0.2) is 0 Å². The second-order valence-electron chi connectivity index (χ2n) is 18.7. The third-order valence-electron chi connectivity index (χ3n) is 13.4. The standard InChI is InChI=1S/C51H79NO10/c1-9-16-40(31-38(6)47(55)33-46(54)37(5)30-36(4)45(53)27-23-35(3)29-41-19-15-20-43(32-41)61-8)18-12-10-11-17-34(2)22-25-42-26-24-39(7)51(60,62-42)48(56)49(57)52-28-14-13-21-44(52)50(58)59/h10-12,17-18,29-30,35-36,38-40,42-44,46,54,60H,9,13-16,19-28,31-33H2,1-8H3,(H,58,59). The van der Waals surface area contributed by atoms with Gasteiger partial charge in [0, 0.05) is 44.2 Å². The number of carbonyl (C=O) groups excluding carboxylic acids is 4. The maximum atomic E-state index is 13.3. The number of allylic oxidation sites excluding steroid dienone is 8. The van der Waals surface area contributed by atoms with E-state index in [0.717, 1.165) is 55.4 Å². The van der Waals surface area contributed by atoms with Crippen LogP contribution in [0.5, 0.6) is 0 Å². The molecule has 62 heavy (non-hydrogen) atoms. The van der Waals surface area contributed by atoms with E-state index in [2.05, 4.69) is 26.0 Å². The molecule has 3 fully saturated rings. The van der Waals surface area contributed by atoms with Gasteiger partial charge in [-0.1, -0.05) is 94.7 Å². The highest BCUT2D eigenvalue weighted by Crippen LogP contribution is 2.36. The Labute approximate surface area is 372 Å². The first-order chi connectivity index (χ1) is 29.4. The lowest BCUT2D eigenvalue weighted by atomic mass is 9.85.